The third-order valence-corrected chi connectivity index (χ3v) is 6.81. The van der Waals surface area contributed by atoms with E-state index in [1.807, 2.05) is 36.0 Å². The zero-order valence-corrected chi connectivity index (χ0v) is 19.3. The SMILES string of the molecule is Cn1cccc1/C=C1/SC(=Nc2ccc(Cl)c(Cl)c2)N(c2ccc(Cl)c(Cl)c2)C1=O. The van der Waals surface area contributed by atoms with E-state index in [4.69, 9.17) is 46.4 Å². The van der Waals surface area contributed by atoms with Gasteiger partial charge in [0.1, 0.15) is 0 Å². The number of hydrogen-bond donors (Lipinski definition) is 0. The van der Waals surface area contributed by atoms with Gasteiger partial charge in [0.25, 0.3) is 5.91 Å². The van der Waals surface area contributed by atoms with Crippen LogP contribution in [0.5, 0.6) is 0 Å². The fourth-order valence-corrected chi connectivity index (χ4v) is 4.39. The Morgan fingerprint density at radius 3 is 2.27 bits per heavy atom. The summed E-state index contributed by atoms with van der Waals surface area (Å²) in [5, 5.41) is 2.04. The van der Waals surface area contributed by atoms with Gasteiger partial charge in [-0.15, -0.1) is 0 Å². The van der Waals surface area contributed by atoms with Crippen LogP contribution in [0.1, 0.15) is 5.69 Å². The van der Waals surface area contributed by atoms with Crippen molar-refractivity contribution >= 4 is 86.7 Å². The number of aromatic nitrogens is 1. The molecular weight excluding hydrogens is 484 g/mol. The second-order valence-electron chi connectivity index (χ2n) is 6.39. The Hall–Kier alpha value is -1.89. The van der Waals surface area contributed by atoms with E-state index in [-0.39, 0.29) is 5.91 Å². The number of amides is 1. The summed E-state index contributed by atoms with van der Waals surface area (Å²) in [4.78, 5) is 20.0. The van der Waals surface area contributed by atoms with Crippen molar-refractivity contribution in [3.63, 3.8) is 0 Å². The molecule has 1 aliphatic rings. The highest BCUT2D eigenvalue weighted by molar-refractivity contribution is 8.19. The Labute approximate surface area is 197 Å². The van der Waals surface area contributed by atoms with Crippen LogP contribution >= 0.6 is 58.2 Å². The summed E-state index contributed by atoms with van der Waals surface area (Å²) in [6, 6.07) is 13.9. The fourth-order valence-electron chi connectivity index (χ4n) is 2.82. The topological polar surface area (TPSA) is 37.6 Å². The van der Waals surface area contributed by atoms with E-state index >= 15 is 0 Å². The zero-order valence-electron chi connectivity index (χ0n) is 15.4. The number of benzene rings is 2. The van der Waals surface area contributed by atoms with Crippen LogP contribution < -0.4 is 4.90 Å². The molecule has 1 aromatic heterocycles. The first kappa shape index (κ1) is 21.3. The van der Waals surface area contributed by atoms with Crippen molar-refractivity contribution in [1.29, 1.82) is 0 Å². The third-order valence-electron chi connectivity index (χ3n) is 4.36. The average Bonchev–Trinajstić information content (AvgIpc) is 3.24. The summed E-state index contributed by atoms with van der Waals surface area (Å²) in [5.41, 5.74) is 2.04. The maximum atomic E-state index is 13.3. The second-order valence-corrected chi connectivity index (χ2v) is 9.02. The molecule has 0 unspecified atom stereocenters. The monoisotopic (exact) mass is 495 g/mol. The minimum absolute atomic E-state index is 0.210. The lowest BCUT2D eigenvalue weighted by Gasteiger charge is -2.16. The molecule has 152 valence electrons. The molecule has 0 bridgehead atoms. The molecule has 4 nitrogen and oxygen atoms in total. The molecule has 1 saturated heterocycles. The molecular formula is C21H13Cl4N3OS. The summed E-state index contributed by atoms with van der Waals surface area (Å²) in [7, 11) is 1.91. The normalized spacial score (nSPS) is 16.8. The van der Waals surface area contributed by atoms with Crippen molar-refractivity contribution in [3.05, 3.63) is 85.4 Å². The molecule has 0 atom stereocenters. The lowest BCUT2D eigenvalue weighted by molar-refractivity contribution is -0.113. The van der Waals surface area contributed by atoms with Gasteiger partial charge in [0.05, 0.1) is 36.4 Å². The van der Waals surface area contributed by atoms with Gasteiger partial charge in [0, 0.05) is 18.9 Å². The van der Waals surface area contributed by atoms with Crippen molar-refractivity contribution < 1.29 is 4.79 Å². The summed E-state index contributed by atoms with van der Waals surface area (Å²) in [5.74, 6) is -0.210. The van der Waals surface area contributed by atoms with Crippen molar-refractivity contribution in [2.24, 2.45) is 12.0 Å². The highest BCUT2D eigenvalue weighted by Gasteiger charge is 2.35. The lowest BCUT2D eigenvalue weighted by Crippen LogP contribution is -2.28. The van der Waals surface area contributed by atoms with E-state index in [1.165, 1.54) is 16.7 Å². The Bertz CT molecular complexity index is 1220. The number of aliphatic imine (C=N–C) groups is 1. The van der Waals surface area contributed by atoms with Crippen LogP contribution in [-0.4, -0.2) is 15.6 Å². The number of nitrogens with zero attached hydrogens (tertiary/aromatic N) is 3. The summed E-state index contributed by atoms with van der Waals surface area (Å²) >= 11 is 25.6. The molecule has 30 heavy (non-hydrogen) atoms. The molecule has 1 amide bonds. The number of amidine groups is 1. The predicted molar refractivity (Wildman–Crippen MR) is 128 cm³/mol. The Balaban J connectivity index is 1.81. The molecule has 1 aliphatic heterocycles. The van der Waals surface area contributed by atoms with Gasteiger partial charge in [-0.3, -0.25) is 9.69 Å². The molecule has 9 heteroatoms. The van der Waals surface area contributed by atoms with Gasteiger partial charge in [-0.25, -0.2) is 4.99 Å². The summed E-state index contributed by atoms with van der Waals surface area (Å²) < 4.78 is 1.93. The second kappa shape index (κ2) is 8.69. The van der Waals surface area contributed by atoms with Crippen molar-refractivity contribution in [2.45, 2.75) is 0 Å². The van der Waals surface area contributed by atoms with Crippen molar-refractivity contribution in [2.75, 3.05) is 4.90 Å². The fraction of sp³-hybridized carbons (Fsp3) is 0.0476. The molecule has 3 aromatic rings. The Kier molecular flexibility index (Phi) is 6.19. The Morgan fingerprint density at radius 2 is 1.63 bits per heavy atom. The molecule has 0 saturated carbocycles. The van der Waals surface area contributed by atoms with E-state index in [0.717, 1.165) is 5.69 Å². The van der Waals surface area contributed by atoms with Crippen LogP contribution in [0.4, 0.5) is 11.4 Å². The number of thioether (sulfide) groups is 1. The third kappa shape index (κ3) is 4.27. The molecule has 0 radical (unpaired) electrons. The molecule has 0 N–H and O–H groups in total. The highest BCUT2D eigenvalue weighted by atomic mass is 35.5. The van der Waals surface area contributed by atoms with E-state index in [0.29, 0.717) is 41.5 Å². The van der Waals surface area contributed by atoms with Crippen molar-refractivity contribution in [1.82, 2.24) is 4.57 Å². The first-order valence-electron chi connectivity index (χ1n) is 8.67. The Morgan fingerprint density at radius 1 is 0.933 bits per heavy atom. The van der Waals surface area contributed by atoms with Gasteiger partial charge >= 0.3 is 0 Å². The number of carbonyl (C=O) groups is 1. The maximum absolute atomic E-state index is 13.3. The molecule has 1 fully saturated rings. The van der Waals surface area contributed by atoms with Crippen LogP contribution in [0.2, 0.25) is 20.1 Å². The number of aryl methyl sites for hydroxylation is 1. The number of halogens is 4. The van der Waals surface area contributed by atoms with E-state index in [9.17, 15) is 4.79 Å². The molecule has 0 aliphatic carbocycles. The first-order valence-corrected chi connectivity index (χ1v) is 11.0. The standard InChI is InChI=1S/C21H13Cl4N3OS/c1-27-8-2-3-13(27)11-19-20(29)28(14-5-7-16(23)18(25)10-14)21(30-19)26-12-4-6-15(22)17(24)9-12/h2-11H,1H3/b19-11+,26-21?. The minimum Gasteiger partial charge on any atom is -0.351 e. The van der Waals surface area contributed by atoms with Crippen LogP contribution in [-0.2, 0) is 11.8 Å². The van der Waals surface area contributed by atoms with E-state index in [2.05, 4.69) is 4.99 Å². The van der Waals surface area contributed by atoms with Gasteiger partial charge in [-0.05, 0) is 66.4 Å². The van der Waals surface area contributed by atoms with Crippen molar-refractivity contribution in [3.8, 4) is 0 Å². The number of carbonyl (C=O) groups excluding carboxylic acids is 1. The predicted octanol–water partition coefficient (Wildman–Crippen LogP) is 7.45. The van der Waals surface area contributed by atoms with Gasteiger partial charge in [-0.2, -0.15) is 0 Å². The molecule has 2 aromatic carbocycles. The molecule has 2 heterocycles. The van der Waals surface area contributed by atoms with Gasteiger partial charge in [0.2, 0.25) is 0 Å². The van der Waals surface area contributed by atoms with Crippen LogP contribution in [0.25, 0.3) is 6.08 Å². The summed E-state index contributed by atoms with van der Waals surface area (Å²) in [6.45, 7) is 0. The number of rotatable bonds is 3. The summed E-state index contributed by atoms with van der Waals surface area (Å²) in [6.07, 6.45) is 3.74. The smallest absolute Gasteiger partial charge is 0.271 e. The average molecular weight is 497 g/mol. The van der Waals surface area contributed by atoms with Crippen LogP contribution in [0, 0.1) is 0 Å². The van der Waals surface area contributed by atoms with Gasteiger partial charge in [-0.1, -0.05) is 46.4 Å². The van der Waals surface area contributed by atoms with E-state index in [1.54, 1.807) is 36.4 Å². The lowest BCUT2D eigenvalue weighted by atomic mass is 10.2. The maximum Gasteiger partial charge on any atom is 0.271 e. The van der Waals surface area contributed by atoms with Gasteiger partial charge in [0.15, 0.2) is 5.17 Å². The number of anilines is 1. The zero-order chi connectivity index (χ0) is 21.4. The van der Waals surface area contributed by atoms with Crippen LogP contribution in [0.3, 0.4) is 0 Å². The molecule has 4 rings (SSSR count). The largest absolute Gasteiger partial charge is 0.351 e. The molecule has 0 spiro atoms. The van der Waals surface area contributed by atoms with Crippen LogP contribution in [0.15, 0.2) is 64.6 Å². The van der Waals surface area contributed by atoms with Gasteiger partial charge < -0.3 is 4.57 Å². The van der Waals surface area contributed by atoms with E-state index < -0.39 is 0 Å². The highest BCUT2D eigenvalue weighted by Crippen LogP contribution is 2.39. The minimum atomic E-state index is -0.210. The quantitative estimate of drug-likeness (QED) is 0.353. The first-order chi connectivity index (χ1) is 14.3. The number of hydrogen-bond acceptors (Lipinski definition) is 3.